The molecular formula is C21H27NO5S2. The Balaban J connectivity index is 2.07. The lowest BCUT2D eigenvalue weighted by Crippen LogP contribution is -2.30. The van der Waals surface area contributed by atoms with E-state index in [0.29, 0.717) is 16.7 Å². The zero-order valence-electron chi connectivity index (χ0n) is 17.0. The molecule has 0 spiro atoms. The molecule has 0 aliphatic heterocycles. The number of carbonyl (C=O) groups excluding carboxylic acids is 1. The standard InChI is InChI=1S/C21H27NO5S2/c1-15(2)22-29(26,27)20-11-7-17(8-12-20)13-21(23)19-9-5-18(6-10-19)14-28(24,25)16(3)4/h5-12,15-16,22H,13-14H2,1-4H3. The summed E-state index contributed by atoms with van der Waals surface area (Å²) in [5, 5.41) is -0.452. The first-order valence-corrected chi connectivity index (χ1v) is 12.6. The molecule has 0 aliphatic carbocycles. The van der Waals surface area contributed by atoms with Crippen molar-refractivity contribution in [3.8, 4) is 0 Å². The first kappa shape index (κ1) is 23.3. The van der Waals surface area contributed by atoms with Crippen LogP contribution in [0.4, 0.5) is 0 Å². The first-order valence-electron chi connectivity index (χ1n) is 9.35. The predicted molar refractivity (Wildman–Crippen MR) is 114 cm³/mol. The second-order valence-corrected chi connectivity index (χ2v) is 11.8. The summed E-state index contributed by atoms with van der Waals surface area (Å²) in [7, 11) is -6.76. The molecule has 0 unspecified atom stereocenters. The van der Waals surface area contributed by atoms with Gasteiger partial charge < -0.3 is 0 Å². The van der Waals surface area contributed by atoms with Crippen molar-refractivity contribution < 1.29 is 21.6 Å². The number of benzene rings is 2. The van der Waals surface area contributed by atoms with Gasteiger partial charge in [-0.3, -0.25) is 4.79 Å². The normalized spacial score (nSPS) is 12.5. The molecule has 0 amide bonds. The minimum absolute atomic E-state index is 0.0561. The van der Waals surface area contributed by atoms with Gasteiger partial charge in [0, 0.05) is 18.0 Å². The van der Waals surface area contributed by atoms with Crippen LogP contribution in [0.25, 0.3) is 0 Å². The van der Waals surface area contributed by atoms with Gasteiger partial charge in [0.2, 0.25) is 10.0 Å². The predicted octanol–water partition coefficient (Wildman–Crippen LogP) is 3.12. The van der Waals surface area contributed by atoms with Crippen LogP contribution in [0.5, 0.6) is 0 Å². The Morgan fingerprint density at radius 3 is 1.83 bits per heavy atom. The van der Waals surface area contributed by atoms with Gasteiger partial charge in [0.1, 0.15) is 0 Å². The van der Waals surface area contributed by atoms with Crippen LogP contribution in [-0.4, -0.2) is 33.9 Å². The van der Waals surface area contributed by atoms with Gasteiger partial charge in [-0.15, -0.1) is 0 Å². The number of carbonyl (C=O) groups is 1. The molecular weight excluding hydrogens is 410 g/mol. The molecule has 0 atom stereocenters. The molecule has 2 aromatic rings. The molecule has 0 radical (unpaired) electrons. The lowest BCUT2D eigenvalue weighted by molar-refractivity contribution is 0.0993. The van der Waals surface area contributed by atoms with Gasteiger partial charge in [0.25, 0.3) is 0 Å². The van der Waals surface area contributed by atoms with E-state index in [0.717, 1.165) is 0 Å². The van der Waals surface area contributed by atoms with Crippen LogP contribution in [0.1, 0.15) is 49.2 Å². The van der Waals surface area contributed by atoms with Crippen molar-refractivity contribution in [1.82, 2.24) is 4.72 Å². The molecule has 0 fully saturated rings. The molecule has 2 aromatic carbocycles. The Morgan fingerprint density at radius 1 is 0.828 bits per heavy atom. The molecule has 8 heteroatoms. The number of hydrogen-bond acceptors (Lipinski definition) is 5. The molecule has 0 saturated carbocycles. The largest absolute Gasteiger partial charge is 0.294 e. The fourth-order valence-corrected chi connectivity index (χ4v) is 4.88. The van der Waals surface area contributed by atoms with E-state index in [-0.39, 0.29) is 28.9 Å². The van der Waals surface area contributed by atoms with Crippen molar-refractivity contribution in [3.05, 3.63) is 65.2 Å². The highest BCUT2D eigenvalue weighted by molar-refractivity contribution is 7.91. The van der Waals surface area contributed by atoms with Crippen LogP contribution in [0.2, 0.25) is 0 Å². The Morgan fingerprint density at radius 2 is 1.34 bits per heavy atom. The van der Waals surface area contributed by atoms with Crippen molar-refractivity contribution in [1.29, 1.82) is 0 Å². The highest BCUT2D eigenvalue weighted by atomic mass is 32.2. The van der Waals surface area contributed by atoms with Crippen molar-refractivity contribution in [2.24, 2.45) is 0 Å². The maximum atomic E-state index is 12.5. The fraction of sp³-hybridized carbons (Fsp3) is 0.381. The van der Waals surface area contributed by atoms with E-state index in [1.807, 2.05) is 0 Å². The number of sulfonamides is 1. The minimum atomic E-state index is -3.57. The maximum absolute atomic E-state index is 12.5. The average Bonchev–Trinajstić information content (AvgIpc) is 2.61. The van der Waals surface area contributed by atoms with Crippen LogP contribution >= 0.6 is 0 Å². The summed E-state index contributed by atoms with van der Waals surface area (Å²) in [5.41, 5.74) is 1.82. The highest BCUT2D eigenvalue weighted by Gasteiger charge is 2.18. The number of rotatable bonds is 9. The highest BCUT2D eigenvalue weighted by Crippen LogP contribution is 2.16. The van der Waals surface area contributed by atoms with Gasteiger partial charge in [-0.1, -0.05) is 36.4 Å². The van der Waals surface area contributed by atoms with Crippen LogP contribution in [0.3, 0.4) is 0 Å². The molecule has 0 heterocycles. The Kier molecular flexibility index (Phi) is 7.37. The molecule has 2 rings (SSSR count). The molecule has 0 saturated heterocycles. The van der Waals surface area contributed by atoms with Crippen LogP contribution in [-0.2, 0) is 32.0 Å². The summed E-state index contributed by atoms with van der Waals surface area (Å²) < 4.78 is 50.8. The SMILES string of the molecule is CC(C)NS(=O)(=O)c1ccc(CC(=O)c2ccc(CS(=O)(=O)C(C)C)cc2)cc1. The minimum Gasteiger partial charge on any atom is -0.294 e. The quantitative estimate of drug-likeness (QED) is 0.608. The van der Waals surface area contributed by atoms with Crippen molar-refractivity contribution in [2.45, 2.75) is 56.1 Å². The zero-order chi connectivity index (χ0) is 21.8. The monoisotopic (exact) mass is 437 g/mol. The summed E-state index contributed by atoms with van der Waals surface area (Å²) in [5.74, 6) is -0.182. The first-order chi connectivity index (χ1) is 13.4. The second kappa shape index (κ2) is 9.19. The molecule has 0 aliphatic rings. The molecule has 0 bridgehead atoms. The smallest absolute Gasteiger partial charge is 0.240 e. The Bertz CT molecular complexity index is 1050. The number of nitrogens with one attached hydrogen (secondary N) is 1. The molecule has 1 N–H and O–H groups in total. The van der Waals surface area contributed by atoms with Gasteiger partial charge >= 0.3 is 0 Å². The van der Waals surface area contributed by atoms with Crippen molar-refractivity contribution in [2.75, 3.05) is 0 Å². The van der Waals surface area contributed by atoms with Gasteiger partial charge in [-0.05, 0) is 51.0 Å². The lowest BCUT2D eigenvalue weighted by Gasteiger charge is -2.10. The summed E-state index contributed by atoms with van der Waals surface area (Å²) in [6.07, 6.45) is 0.127. The Hall–Kier alpha value is -2.03. The van der Waals surface area contributed by atoms with Gasteiger partial charge in [0.15, 0.2) is 15.6 Å². The average molecular weight is 438 g/mol. The van der Waals surface area contributed by atoms with E-state index < -0.39 is 25.1 Å². The van der Waals surface area contributed by atoms with E-state index in [2.05, 4.69) is 4.72 Å². The number of ketones is 1. The molecule has 158 valence electrons. The molecule has 29 heavy (non-hydrogen) atoms. The number of Topliss-reactive ketones (excluding diaryl/α,β-unsaturated/α-hetero) is 1. The third kappa shape index (κ3) is 6.48. The van der Waals surface area contributed by atoms with E-state index in [1.165, 1.54) is 12.1 Å². The summed E-state index contributed by atoms with van der Waals surface area (Å²) in [6, 6.07) is 12.5. The van der Waals surface area contributed by atoms with E-state index >= 15 is 0 Å². The van der Waals surface area contributed by atoms with Gasteiger partial charge in [0.05, 0.1) is 15.9 Å². The zero-order valence-corrected chi connectivity index (χ0v) is 18.7. The van der Waals surface area contributed by atoms with Gasteiger partial charge in [-0.25, -0.2) is 21.6 Å². The van der Waals surface area contributed by atoms with Gasteiger partial charge in [-0.2, -0.15) is 0 Å². The van der Waals surface area contributed by atoms with E-state index in [4.69, 9.17) is 0 Å². The van der Waals surface area contributed by atoms with Crippen molar-refractivity contribution in [3.63, 3.8) is 0 Å². The fourth-order valence-electron chi connectivity index (χ4n) is 2.64. The third-order valence-electron chi connectivity index (χ3n) is 4.35. The van der Waals surface area contributed by atoms with Crippen LogP contribution < -0.4 is 4.72 Å². The van der Waals surface area contributed by atoms with E-state index in [9.17, 15) is 21.6 Å². The third-order valence-corrected chi connectivity index (χ3v) is 8.20. The summed E-state index contributed by atoms with van der Waals surface area (Å²) in [6.45, 7) is 6.77. The lowest BCUT2D eigenvalue weighted by atomic mass is 10.0. The number of sulfone groups is 1. The topological polar surface area (TPSA) is 97.4 Å². The van der Waals surface area contributed by atoms with E-state index in [1.54, 1.807) is 64.1 Å². The Labute approximate surface area is 173 Å². The maximum Gasteiger partial charge on any atom is 0.240 e. The summed E-state index contributed by atoms with van der Waals surface area (Å²) >= 11 is 0. The molecule has 0 aromatic heterocycles. The number of hydrogen-bond donors (Lipinski definition) is 1. The van der Waals surface area contributed by atoms with Crippen LogP contribution in [0, 0.1) is 0 Å². The van der Waals surface area contributed by atoms with Crippen molar-refractivity contribution >= 4 is 25.6 Å². The molecule has 6 nitrogen and oxygen atoms in total. The van der Waals surface area contributed by atoms with Crippen LogP contribution in [0.15, 0.2) is 53.4 Å². The second-order valence-electron chi connectivity index (χ2n) is 7.57. The summed E-state index contributed by atoms with van der Waals surface area (Å²) in [4.78, 5) is 12.6.